The van der Waals surface area contributed by atoms with E-state index in [1.54, 1.807) is 12.4 Å². The Kier molecular flexibility index (Phi) is 4.17. The molecule has 2 aromatic rings. The van der Waals surface area contributed by atoms with Crippen LogP contribution in [0.3, 0.4) is 0 Å². The summed E-state index contributed by atoms with van der Waals surface area (Å²) in [6, 6.07) is 9.48. The van der Waals surface area contributed by atoms with Gasteiger partial charge in [0.2, 0.25) is 0 Å². The maximum atomic E-state index is 10.7. The van der Waals surface area contributed by atoms with Gasteiger partial charge in [-0.25, -0.2) is 0 Å². The molecule has 0 saturated heterocycles. The number of aliphatic carboxylic acids is 1. The average Bonchev–Trinajstić information content (AvgIpc) is 2.38. The summed E-state index contributed by atoms with van der Waals surface area (Å²) in [6.45, 7) is 1.88. The molecule has 0 radical (unpaired) electrons. The summed E-state index contributed by atoms with van der Waals surface area (Å²) in [5.74, 6) is -0.871. The summed E-state index contributed by atoms with van der Waals surface area (Å²) < 4.78 is 0. The first-order valence-electron chi connectivity index (χ1n) is 5.99. The highest BCUT2D eigenvalue weighted by Gasteiger charge is 2.11. The molecular formula is C15H14ClNO2. The van der Waals surface area contributed by atoms with Crippen molar-refractivity contribution in [1.82, 2.24) is 4.98 Å². The van der Waals surface area contributed by atoms with Gasteiger partial charge in [-0.05, 0) is 35.2 Å². The highest BCUT2D eigenvalue weighted by molar-refractivity contribution is 6.30. The lowest BCUT2D eigenvalue weighted by atomic mass is 9.96. The summed E-state index contributed by atoms with van der Waals surface area (Å²) in [5, 5.41) is 9.50. The van der Waals surface area contributed by atoms with E-state index in [9.17, 15) is 4.79 Å². The van der Waals surface area contributed by atoms with Crippen LogP contribution in [0.2, 0.25) is 5.02 Å². The Labute approximate surface area is 116 Å². The van der Waals surface area contributed by atoms with Crippen LogP contribution in [0.1, 0.15) is 24.8 Å². The normalized spacial score (nSPS) is 12.1. The van der Waals surface area contributed by atoms with Crippen molar-refractivity contribution in [1.29, 1.82) is 0 Å². The number of carbonyl (C=O) groups is 1. The first-order valence-corrected chi connectivity index (χ1v) is 6.36. The molecule has 1 aromatic carbocycles. The Morgan fingerprint density at radius 3 is 2.79 bits per heavy atom. The number of pyridine rings is 1. The van der Waals surface area contributed by atoms with Gasteiger partial charge in [0.15, 0.2) is 0 Å². The molecule has 0 aliphatic rings. The van der Waals surface area contributed by atoms with E-state index in [0.29, 0.717) is 5.02 Å². The largest absolute Gasteiger partial charge is 0.481 e. The SMILES string of the molecule is CC(CC(=O)O)c1cncc(-c2cccc(Cl)c2)c1. The molecule has 0 aliphatic heterocycles. The van der Waals surface area contributed by atoms with Crippen LogP contribution in [0.5, 0.6) is 0 Å². The first kappa shape index (κ1) is 13.6. The number of hydrogen-bond acceptors (Lipinski definition) is 2. The van der Waals surface area contributed by atoms with Crippen molar-refractivity contribution in [3.8, 4) is 11.1 Å². The van der Waals surface area contributed by atoms with Gasteiger partial charge in [-0.3, -0.25) is 9.78 Å². The number of carboxylic acid groups (broad SMARTS) is 1. The molecule has 0 saturated carbocycles. The van der Waals surface area contributed by atoms with E-state index in [2.05, 4.69) is 4.98 Å². The van der Waals surface area contributed by atoms with Gasteiger partial charge in [0.1, 0.15) is 0 Å². The van der Waals surface area contributed by atoms with Crippen molar-refractivity contribution in [3.05, 3.63) is 53.3 Å². The molecule has 1 unspecified atom stereocenters. The van der Waals surface area contributed by atoms with Crippen molar-refractivity contribution in [3.63, 3.8) is 0 Å². The molecule has 0 fully saturated rings. The Bertz CT molecular complexity index is 598. The van der Waals surface area contributed by atoms with E-state index in [1.807, 2.05) is 37.3 Å². The van der Waals surface area contributed by atoms with Crippen LogP contribution in [0.15, 0.2) is 42.7 Å². The second-order valence-corrected chi connectivity index (χ2v) is 4.95. The van der Waals surface area contributed by atoms with E-state index < -0.39 is 5.97 Å². The third-order valence-corrected chi connectivity index (χ3v) is 3.20. The van der Waals surface area contributed by atoms with Crippen LogP contribution in [-0.4, -0.2) is 16.1 Å². The van der Waals surface area contributed by atoms with Crippen molar-refractivity contribution >= 4 is 17.6 Å². The minimum absolute atomic E-state index is 0.0656. The van der Waals surface area contributed by atoms with Gasteiger partial charge in [-0.15, -0.1) is 0 Å². The van der Waals surface area contributed by atoms with Crippen molar-refractivity contribution < 1.29 is 9.90 Å². The number of hydrogen-bond donors (Lipinski definition) is 1. The molecule has 0 amide bonds. The minimum Gasteiger partial charge on any atom is -0.481 e. The fourth-order valence-corrected chi connectivity index (χ4v) is 2.12. The van der Waals surface area contributed by atoms with Crippen molar-refractivity contribution in [2.45, 2.75) is 19.3 Å². The summed E-state index contributed by atoms with van der Waals surface area (Å²) in [7, 11) is 0. The summed E-state index contributed by atoms with van der Waals surface area (Å²) >= 11 is 5.97. The smallest absolute Gasteiger partial charge is 0.303 e. The van der Waals surface area contributed by atoms with Gasteiger partial charge >= 0.3 is 5.97 Å². The van der Waals surface area contributed by atoms with Crippen molar-refractivity contribution in [2.24, 2.45) is 0 Å². The maximum Gasteiger partial charge on any atom is 0.303 e. The second-order valence-electron chi connectivity index (χ2n) is 4.52. The molecule has 19 heavy (non-hydrogen) atoms. The molecule has 0 aliphatic carbocycles. The standard InChI is InChI=1S/C15H14ClNO2/c1-10(5-15(18)19)12-6-13(9-17-8-12)11-3-2-4-14(16)7-11/h2-4,6-10H,5H2,1H3,(H,18,19). The molecule has 1 heterocycles. The third-order valence-electron chi connectivity index (χ3n) is 2.97. The van der Waals surface area contributed by atoms with Gasteiger partial charge in [0.05, 0.1) is 6.42 Å². The van der Waals surface area contributed by atoms with E-state index in [0.717, 1.165) is 16.7 Å². The van der Waals surface area contributed by atoms with Gasteiger partial charge in [0, 0.05) is 23.0 Å². The Balaban J connectivity index is 2.31. The highest BCUT2D eigenvalue weighted by Crippen LogP contribution is 2.26. The van der Waals surface area contributed by atoms with Crippen LogP contribution in [0, 0.1) is 0 Å². The molecule has 4 heteroatoms. The predicted molar refractivity (Wildman–Crippen MR) is 75.4 cm³/mol. The Morgan fingerprint density at radius 2 is 2.11 bits per heavy atom. The lowest BCUT2D eigenvalue weighted by molar-refractivity contribution is -0.137. The summed E-state index contributed by atoms with van der Waals surface area (Å²) in [6.07, 6.45) is 3.56. The third kappa shape index (κ3) is 3.55. The molecule has 1 N–H and O–H groups in total. The van der Waals surface area contributed by atoms with Crippen LogP contribution >= 0.6 is 11.6 Å². The zero-order chi connectivity index (χ0) is 13.8. The Hall–Kier alpha value is -1.87. The number of benzene rings is 1. The minimum atomic E-state index is -0.805. The fraction of sp³-hybridized carbons (Fsp3) is 0.200. The maximum absolute atomic E-state index is 10.7. The summed E-state index contributed by atoms with van der Waals surface area (Å²) in [4.78, 5) is 14.9. The molecule has 0 bridgehead atoms. The number of rotatable bonds is 4. The quantitative estimate of drug-likeness (QED) is 0.918. The van der Waals surface area contributed by atoms with E-state index in [-0.39, 0.29) is 12.3 Å². The number of nitrogens with zero attached hydrogens (tertiary/aromatic N) is 1. The topological polar surface area (TPSA) is 50.2 Å². The molecule has 0 spiro atoms. The van der Waals surface area contributed by atoms with Gasteiger partial charge < -0.3 is 5.11 Å². The summed E-state index contributed by atoms with van der Waals surface area (Å²) in [5.41, 5.74) is 2.83. The van der Waals surface area contributed by atoms with Crippen LogP contribution in [-0.2, 0) is 4.79 Å². The molecule has 1 atom stereocenters. The highest BCUT2D eigenvalue weighted by atomic mass is 35.5. The molecule has 3 nitrogen and oxygen atoms in total. The predicted octanol–water partition coefficient (Wildman–Crippen LogP) is 3.98. The van der Waals surface area contributed by atoms with Crippen LogP contribution < -0.4 is 0 Å². The zero-order valence-corrected chi connectivity index (χ0v) is 11.3. The number of carboxylic acids is 1. The molecule has 98 valence electrons. The van der Waals surface area contributed by atoms with Crippen LogP contribution in [0.4, 0.5) is 0 Å². The zero-order valence-electron chi connectivity index (χ0n) is 10.5. The lowest BCUT2D eigenvalue weighted by Crippen LogP contribution is -2.03. The number of halogens is 1. The van der Waals surface area contributed by atoms with Crippen LogP contribution in [0.25, 0.3) is 11.1 Å². The van der Waals surface area contributed by atoms with E-state index in [1.165, 1.54) is 0 Å². The van der Waals surface area contributed by atoms with Crippen molar-refractivity contribution in [2.75, 3.05) is 0 Å². The molecule has 2 rings (SSSR count). The van der Waals surface area contributed by atoms with E-state index in [4.69, 9.17) is 16.7 Å². The van der Waals surface area contributed by atoms with Gasteiger partial charge in [-0.2, -0.15) is 0 Å². The monoisotopic (exact) mass is 275 g/mol. The lowest BCUT2D eigenvalue weighted by Gasteiger charge is -2.10. The fourth-order valence-electron chi connectivity index (χ4n) is 1.93. The molecule has 1 aromatic heterocycles. The van der Waals surface area contributed by atoms with Gasteiger partial charge in [-0.1, -0.05) is 30.7 Å². The molecular weight excluding hydrogens is 262 g/mol. The number of aromatic nitrogens is 1. The second kappa shape index (κ2) is 5.85. The van der Waals surface area contributed by atoms with E-state index >= 15 is 0 Å². The first-order chi connectivity index (χ1) is 9.06. The Morgan fingerprint density at radius 1 is 1.32 bits per heavy atom. The average molecular weight is 276 g/mol. The van der Waals surface area contributed by atoms with Gasteiger partial charge in [0.25, 0.3) is 0 Å².